The molecule has 6 heteroatoms. The number of amides is 1. The second-order valence-corrected chi connectivity index (χ2v) is 8.19. The van der Waals surface area contributed by atoms with E-state index < -0.39 is 0 Å². The number of anilines is 1. The number of halogens is 1. The van der Waals surface area contributed by atoms with E-state index >= 15 is 0 Å². The Hall–Kier alpha value is -2.24. The first-order chi connectivity index (χ1) is 13.7. The Bertz CT molecular complexity index is 1040. The van der Waals surface area contributed by atoms with Crippen molar-refractivity contribution in [2.24, 2.45) is 0 Å². The van der Waals surface area contributed by atoms with Crippen LogP contribution in [0.15, 0.2) is 47.4 Å². The molecule has 0 saturated heterocycles. The molecule has 1 amide bonds. The predicted octanol–water partition coefficient (Wildman–Crippen LogP) is 5.51. The van der Waals surface area contributed by atoms with Gasteiger partial charge in [0.15, 0.2) is 0 Å². The number of para-hydroxylation sites is 2. The van der Waals surface area contributed by atoms with Crippen molar-refractivity contribution in [3.05, 3.63) is 58.7 Å². The third-order valence-corrected chi connectivity index (χ3v) is 6.30. The van der Waals surface area contributed by atoms with E-state index in [9.17, 15) is 4.79 Å². The van der Waals surface area contributed by atoms with Crippen LogP contribution < -0.4 is 10.1 Å². The van der Waals surface area contributed by atoms with Gasteiger partial charge in [0.05, 0.1) is 24.1 Å². The molecule has 144 valence electrons. The minimum Gasteiger partial charge on any atom is -0.495 e. The number of hydrogen-bond donors (Lipinski definition) is 1. The minimum atomic E-state index is -0.0638. The summed E-state index contributed by atoms with van der Waals surface area (Å²) in [5, 5.41) is 4.66. The molecule has 0 saturated carbocycles. The average molecular weight is 413 g/mol. The van der Waals surface area contributed by atoms with Gasteiger partial charge in [-0.15, -0.1) is 11.8 Å². The van der Waals surface area contributed by atoms with Crippen LogP contribution in [0.25, 0.3) is 10.9 Å². The number of fused-ring (bicyclic) bond motifs is 2. The summed E-state index contributed by atoms with van der Waals surface area (Å²) in [6.45, 7) is 0. The van der Waals surface area contributed by atoms with Crippen LogP contribution in [0.4, 0.5) is 5.69 Å². The highest BCUT2D eigenvalue weighted by atomic mass is 35.5. The maximum absolute atomic E-state index is 12.6. The predicted molar refractivity (Wildman–Crippen MR) is 116 cm³/mol. The lowest BCUT2D eigenvalue weighted by Gasteiger charge is -2.20. The molecule has 0 bridgehead atoms. The van der Waals surface area contributed by atoms with Gasteiger partial charge < -0.3 is 10.1 Å². The molecule has 1 aliphatic carbocycles. The molecular weight excluding hydrogens is 392 g/mol. The monoisotopic (exact) mass is 412 g/mol. The van der Waals surface area contributed by atoms with Gasteiger partial charge in [-0.3, -0.25) is 9.78 Å². The lowest BCUT2D eigenvalue weighted by atomic mass is 9.94. The van der Waals surface area contributed by atoms with Crippen molar-refractivity contribution in [2.45, 2.75) is 30.6 Å². The fourth-order valence-electron chi connectivity index (χ4n) is 3.59. The summed E-state index contributed by atoms with van der Waals surface area (Å²) in [5.41, 5.74) is 4.06. The first-order valence-electron chi connectivity index (χ1n) is 9.32. The highest BCUT2D eigenvalue weighted by molar-refractivity contribution is 8.00. The second-order valence-electron chi connectivity index (χ2n) is 6.77. The van der Waals surface area contributed by atoms with E-state index in [-0.39, 0.29) is 5.91 Å². The fraction of sp³-hybridized carbons (Fsp3) is 0.273. The number of nitrogens with one attached hydrogen (secondary N) is 1. The molecule has 1 aromatic heterocycles. The van der Waals surface area contributed by atoms with Gasteiger partial charge in [-0.1, -0.05) is 23.7 Å². The number of hydrogen-bond acceptors (Lipinski definition) is 4. The summed E-state index contributed by atoms with van der Waals surface area (Å²) in [7, 11) is 1.60. The maximum atomic E-state index is 12.6. The Morgan fingerprint density at radius 3 is 2.89 bits per heavy atom. The quantitative estimate of drug-likeness (QED) is 0.561. The summed E-state index contributed by atoms with van der Waals surface area (Å²) in [4.78, 5) is 18.6. The zero-order chi connectivity index (χ0) is 19.5. The van der Waals surface area contributed by atoms with Crippen molar-refractivity contribution in [1.82, 2.24) is 4.98 Å². The Morgan fingerprint density at radius 2 is 2.04 bits per heavy atom. The second kappa shape index (κ2) is 8.41. The lowest BCUT2D eigenvalue weighted by Crippen LogP contribution is -2.15. The maximum Gasteiger partial charge on any atom is 0.234 e. The van der Waals surface area contributed by atoms with E-state index in [1.807, 2.05) is 42.5 Å². The van der Waals surface area contributed by atoms with Gasteiger partial charge in [-0.25, -0.2) is 0 Å². The zero-order valence-corrected chi connectivity index (χ0v) is 17.2. The SMILES string of the molecule is COc1ccccc1NC(=O)CSc1c2c(nc3ccc(Cl)cc13)CCCC2. The number of nitrogens with zero attached hydrogens (tertiary/aromatic N) is 1. The molecule has 4 rings (SSSR count). The number of rotatable bonds is 5. The van der Waals surface area contributed by atoms with Gasteiger partial charge in [0.2, 0.25) is 5.91 Å². The van der Waals surface area contributed by atoms with Crippen molar-refractivity contribution in [1.29, 1.82) is 0 Å². The molecular formula is C22H21ClN2O2S. The third-order valence-electron chi connectivity index (χ3n) is 4.90. The molecule has 3 aromatic rings. The van der Waals surface area contributed by atoms with Crippen LogP contribution in [-0.4, -0.2) is 23.8 Å². The fourth-order valence-corrected chi connectivity index (χ4v) is 4.82. The first-order valence-corrected chi connectivity index (χ1v) is 10.7. The third kappa shape index (κ3) is 3.96. The molecule has 0 aliphatic heterocycles. The van der Waals surface area contributed by atoms with Crippen LogP contribution >= 0.6 is 23.4 Å². The van der Waals surface area contributed by atoms with Crippen molar-refractivity contribution in [2.75, 3.05) is 18.2 Å². The topological polar surface area (TPSA) is 51.2 Å². The summed E-state index contributed by atoms with van der Waals surface area (Å²) in [6.07, 6.45) is 4.31. The number of aryl methyl sites for hydroxylation is 1. The number of carbonyl (C=O) groups excluding carboxylic acids is 1. The number of carbonyl (C=O) groups is 1. The van der Waals surface area contributed by atoms with Gasteiger partial charge in [0.1, 0.15) is 5.75 Å². The molecule has 0 spiro atoms. The average Bonchev–Trinajstić information content (AvgIpc) is 2.71. The molecule has 28 heavy (non-hydrogen) atoms. The van der Waals surface area contributed by atoms with Gasteiger partial charge in [0, 0.05) is 21.0 Å². The molecule has 1 N–H and O–H groups in total. The van der Waals surface area contributed by atoms with E-state index in [1.165, 1.54) is 5.56 Å². The van der Waals surface area contributed by atoms with Crippen molar-refractivity contribution in [3.63, 3.8) is 0 Å². The highest BCUT2D eigenvalue weighted by Crippen LogP contribution is 2.37. The van der Waals surface area contributed by atoms with E-state index in [2.05, 4.69) is 5.32 Å². The number of methoxy groups -OCH3 is 1. The van der Waals surface area contributed by atoms with E-state index in [4.69, 9.17) is 21.3 Å². The van der Waals surface area contributed by atoms with Gasteiger partial charge in [-0.2, -0.15) is 0 Å². The molecule has 0 radical (unpaired) electrons. The van der Waals surface area contributed by atoms with Crippen molar-refractivity contribution >= 4 is 45.9 Å². The largest absolute Gasteiger partial charge is 0.495 e. The molecule has 0 atom stereocenters. The minimum absolute atomic E-state index is 0.0638. The highest BCUT2D eigenvalue weighted by Gasteiger charge is 2.19. The van der Waals surface area contributed by atoms with Crippen LogP contribution in [0.1, 0.15) is 24.1 Å². The zero-order valence-electron chi connectivity index (χ0n) is 15.6. The van der Waals surface area contributed by atoms with Crippen molar-refractivity contribution < 1.29 is 9.53 Å². The summed E-state index contributed by atoms with van der Waals surface area (Å²) >= 11 is 7.81. The molecule has 1 aliphatic rings. The first kappa shape index (κ1) is 19.1. The van der Waals surface area contributed by atoms with Crippen LogP contribution in [-0.2, 0) is 17.6 Å². The summed E-state index contributed by atoms with van der Waals surface area (Å²) < 4.78 is 5.31. The smallest absolute Gasteiger partial charge is 0.234 e. The molecule has 4 nitrogen and oxygen atoms in total. The molecule has 2 aromatic carbocycles. The molecule has 0 fully saturated rings. The molecule has 1 heterocycles. The van der Waals surface area contributed by atoms with Gasteiger partial charge in [0.25, 0.3) is 0 Å². The summed E-state index contributed by atoms with van der Waals surface area (Å²) in [5.74, 6) is 0.904. The van der Waals surface area contributed by atoms with Crippen LogP contribution in [0.3, 0.4) is 0 Å². The Labute approximate surface area is 173 Å². The molecule has 0 unspecified atom stereocenters. The Morgan fingerprint density at radius 1 is 1.21 bits per heavy atom. The van der Waals surface area contributed by atoms with Gasteiger partial charge in [-0.05, 0) is 61.6 Å². The number of benzene rings is 2. The van der Waals surface area contributed by atoms with Crippen LogP contribution in [0.2, 0.25) is 5.02 Å². The number of ether oxygens (including phenoxy) is 1. The van der Waals surface area contributed by atoms with E-state index in [0.29, 0.717) is 22.2 Å². The number of thioether (sulfide) groups is 1. The van der Waals surface area contributed by atoms with E-state index in [1.54, 1.807) is 18.9 Å². The van der Waals surface area contributed by atoms with Crippen LogP contribution in [0, 0.1) is 0 Å². The summed E-state index contributed by atoms with van der Waals surface area (Å²) in [6, 6.07) is 13.2. The number of aromatic nitrogens is 1. The van der Waals surface area contributed by atoms with Crippen molar-refractivity contribution in [3.8, 4) is 5.75 Å². The standard InChI is InChI=1S/C22H21ClN2O2S/c1-27-20-9-5-4-8-19(20)25-21(26)13-28-22-15-6-2-3-7-17(15)24-18-11-10-14(23)12-16(18)22/h4-5,8-12H,2-3,6-7,13H2,1H3,(H,25,26). The lowest BCUT2D eigenvalue weighted by molar-refractivity contribution is -0.113. The van der Waals surface area contributed by atoms with E-state index in [0.717, 1.165) is 47.2 Å². The Kier molecular flexibility index (Phi) is 5.74. The van der Waals surface area contributed by atoms with Gasteiger partial charge >= 0.3 is 0 Å². The normalized spacial score (nSPS) is 13.2. The number of pyridine rings is 1. The van der Waals surface area contributed by atoms with Crippen LogP contribution in [0.5, 0.6) is 5.75 Å². The Balaban J connectivity index is 1.60.